The van der Waals surface area contributed by atoms with Crippen LogP contribution in [0.3, 0.4) is 0 Å². The summed E-state index contributed by atoms with van der Waals surface area (Å²) >= 11 is 0. The van der Waals surface area contributed by atoms with Crippen LogP contribution in [0.4, 0.5) is 0 Å². The summed E-state index contributed by atoms with van der Waals surface area (Å²) in [5.74, 6) is 1.35. The Balaban J connectivity index is 0.937. The lowest BCUT2D eigenvalue weighted by Gasteiger charge is -2.35. The summed E-state index contributed by atoms with van der Waals surface area (Å²) in [7, 11) is 0. The van der Waals surface area contributed by atoms with Crippen LogP contribution in [0.25, 0.3) is 10.8 Å². The number of ether oxygens (including phenoxy) is 3. The predicted octanol–water partition coefficient (Wildman–Crippen LogP) is 6.48. The van der Waals surface area contributed by atoms with Gasteiger partial charge >= 0.3 is 0 Å². The maximum atomic E-state index is 13.3. The third-order valence-electron chi connectivity index (χ3n) is 9.55. The molecule has 0 radical (unpaired) electrons. The smallest absolute Gasteiger partial charge is 0.253 e. The van der Waals surface area contributed by atoms with Gasteiger partial charge in [0.2, 0.25) is 0 Å². The van der Waals surface area contributed by atoms with E-state index >= 15 is 0 Å². The summed E-state index contributed by atoms with van der Waals surface area (Å²) < 4.78 is 17.9. The molecule has 1 N–H and O–H groups in total. The number of piperazine rings is 1. The highest BCUT2D eigenvalue weighted by Gasteiger charge is 2.40. The molecule has 1 spiro atoms. The fourth-order valence-electron chi connectivity index (χ4n) is 7.01. The van der Waals surface area contributed by atoms with Crippen LogP contribution in [0.1, 0.15) is 58.6 Å². The summed E-state index contributed by atoms with van der Waals surface area (Å²) in [6.07, 6.45) is 3.80. The second-order valence-corrected chi connectivity index (χ2v) is 12.2. The maximum Gasteiger partial charge on any atom is 0.253 e. The molecule has 4 aromatic rings. The van der Waals surface area contributed by atoms with E-state index in [0.717, 1.165) is 50.9 Å². The van der Waals surface area contributed by atoms with Crippen molar-refractivity contribution in [1.82, 2.24) is 9.80 Å². The summed E-state index contributed by atoms with van der Waals surface area (Å²) in [6.45, 7) is 5.26. The lowest BCUT2D eigenvalue weighted by molar-refractivity contribution is -0.178. The number of fused-ring (bicyclic) bond motifs is 1. The third kappa shape index (κ3) is 6.10. The Morgan fingerprint density at radius 2 is 1.57 bits per heavy atom. The van der Waals surface area contributed by atoms with Gasteiger partial charge in [0.25, 0.3) is 5.91 Å². The van der Waals surface area contributed by atoms with Crippen LogP contribution in [0.2, 0.25) is 0 Å². The van der Waals surface area contributed by atoms with Gasteiger partial charge in [-0.25, -0.2) is 0 Å². The molecular formula is C37H40N2O5. The minimum Gasteiger partial charge on any atom is -0.457 e. The first kappa shape index (κ1) is 29.0. The van der Waals surface area contributed by atoms with Crippen LogP contribution in [-0.4, -0.2) is 66.0 Å². The van der Waals surface area contributed by atoms with Crippen molar-refractivity contribution in [3.63, 3.8) is 0 Å². The van der Waals surface area contributed by atoms with Crippen molar-refractivity contribution in [2.45, 2.75) is 50.5 Å². The van der Waals surface area contributed by atoms with Crippen LogP contribution in [0.5, 0.6) is 11.5 Å². The lowest BCUT2D eigenvalue weighted by atomic mass is 9.80. The normalized spacial score (nSPS) is 19.1. The van der Waals surface area contributed by atoms with Gasteiger partial charge in [0.1, 0.15) is 11.5 Å². The van der Waals surface area contributed by atoms with Gasteiger partial charge in [-0.1, -0.05) is 48.5 Å². The number of rotatable bonds is 7. The fourth-order valence-corrected chi connectivity index (χ4v) is 7.01. The first-order valence-electron chi connectivity index (χ1n) is 15.9. The van der Waals surface area contributed by atoms with Gasteiger partial charge in [-0.3, -0.25) is 9.69 Å². The van der Waals surface area contributed by atoms with Gasteiger partial charge in [0.15, 0.2) is 5.79 Å². The molecule has 228 valence electrons. The number of nitrogens with zero attached hydrogens (tertiary/aromatic N) is 2. The predicted molar refractivity (Wildman–Crippen MR) is 170 cm³/mol. The van der Waals surface area contributed by atoms with Crippen LogP contribution < -0.4 is 4.74 Å². The molecule has 2 saturated heterocycles. The van der Waals surface area contributed by atoms with E-state index in [2.05, 4.69) is 59.5 Å². The van der Waals surface area contributed by atoms with Gasteiger partial charge in [-0.05, 0) is 77.1 Å². The van der Waals surface area contributed by atoms with E-state index in [4.69, 9.17) is 14.2 Å². The summed E-state index contributed by atoms with van der Waals surface area (Å²) in [5, 5.41) is 12.7. The first-order valence-corrected chi connectivity index (χ1v) is 15.9. The van der Waals surface area contributed by atoms with Gasteiger partial charge in [0.05, 0.1) is 19.8 Å². The monoisotopic (exact) mass is 592 g/mol. The van der Waals surface area contributed by atoms with E-state index < -0.39 is 0 Å². The van der Waals surface area contributed by atoms with Crippen LogP contribution >= 0.6 is 0 Å². The number of hydrogen-bond acceptors (Lipinski definition) is 6. The number of carbonyl (C=O) groups excluding carboxylic acids is 1. The molecule has 3 fully saturated rings. The number of carbonyl (C=O) groups is 1. The van der Waals surface area contributed by atoms with Gasteiger partial charge < -0.3 is 24.2 Å². The Labute approximate surface area is 258 Å². The van der Waals surface area contributed by atoms with E-state index in [1.165, 1.54) is 21.9 Å². The Morgan fingerprint density at radius 1 is 0.841 bits per heavy atom. The highest BCUT2D eigenvalue weighted by molar-refractivity contribution is 5.94. The first-order chi connectivity index (χ1) is 21.6. The molecule has 2 heterocycles. The summed E-state index contributed by atoms with van der Waals surface area (Å²) in [4.78, 5) is 17.7. The van der Waals surface area contributed by atoms with E-state index in [1.807, 2.05) is 35.2 Å². The topological polar surface area (TPSA) is 71.5 Å². The molecule has 0 atom stereocenters. The Morgan fingerprint density at radius 3 is 2.32 bits per heavy atom. The minimum absolute atomic E-state index is 0.0458. The van der Waals surface area contributed by atoms with Crippen molar-refractivity contribution in [2.75, 3.05) is 39.4 Å². The zero-order valence-corrected chi connectivity index (χ0v) is 25.1. The van der Waals surface area contributed by atoms with Crippen molar-refractivity contribution < 1.29 is 24.1 Å². The molecular weight excluding hydrogens is 552 g/mol. The molecule has 44 heavy (non-hydrogen) atoms. The van der Waals surface area contributed by atoms with Crippen molar-refractivity contribution in [1.29, 1.82) is 0 Å². The van der Waals surface area contributed by atoms with E-state index in [-0.39, 0.29) is 18.3 Å². The zero-order valence-electron chi connectivity index (χ0n) is 25.1. The number of aliphatic hydroxyl groups is 1. The molecule has 0 bridgehead atoms. The third-order valence-corrected chi connectivity index (χ3v) is 9.55. The molecule has 7 nitrogen and oxygen atoms in total. The standard InChI is InChI=1S/C37H40N2O5/c40-26-32-24-30(27-14-16-37(17-15-27)42-22-23-43-37)10-13-35(32)44-33-11-8-29(9-12-33)36(41)39-20-18-38(19-21-39)25-31-6-3-5-28-4-1-2-7-34(28)31/h1-13,24,27,40H,14-23,25-26H2. The molecule has 3 aliphatic rings. The van der Waals surface area contributed by atoms with E-state index in [9.17, 15) is 9.90 Å². The molecule has 1 aliphatic carbocycles. The number of benzene rings is 4. The minimum atomic E-state index is -0.376. The zero-order chi connectivity index (χ0) is 29.9. The highest BCUT2D eigenvalue weighted by Crippen LogP contribution is 2.43. The van der Waals surface area contributed by atoms with Gasteiger partial charge in [0, 0.05) is 56.7 Å². The largest absolute Gasteiger partial charge is 0.457 e. The van der Waals surface area contributed by atoms with Gasteiger partial charge in [-0.15, -0.1) is 0 Å². The second-order valence-electron chi connectivity index (χ2n) is 12.2. The average molecular weight is 593 g/mol. The molecule has 1 saturated carbocycles. The SMILES string of the molecule is O=C(c1ccc(Oc2ccc(C3CCC4(CC3)OCCO4)cc2CO)cc1)N1CCN(Cc2cccc3ccccc23)CC1. The molecule has 0 unspecified atom stereocenters. The average Bonchev–Trinajstić information content (AvgIpc) is 3.53. The Kier molecular flexibility index (Phi) is 8.37. The molecule has 7 heteroatoms. The Bertz CT molecular complexity index is 1590. The molecule has 7 rings (SSSR count). The fraction of sp³-hybridized carbons (Fsp3) is 0.378. The summed E-state index contributed by atoms with van der Waals surface area (Å²) in [6, 6.07) is 28.4. The second kappa shape index (κ2) is 12.7. The van der Waals surface area contributed by atoms with Crippen molar-refractivity contribution in [3.05, 3.63) is 107 Å². The van der Waals surface area contributed by atoms with Crippen LogP contribution in [0, 0.1) is 0 Å². The number of hydrogen-bond donors (Lipinski definition) is 1. The number of amides is 1. The van der Waals surface area contributed by atoms with Gasteiger partial charge in [-0.2, -0.15) is 0 Å². The molecule has 1 amide bonds. The molecule has 0 aromatic heterocycles. The molecule has 4 aromatic carbocycles. The Hall–Kier alpha value is -3.75. The van der Waals surface area contributed by atoms with Crippen molar-refractivity contribution >= 4 is 16.7 Å². The quantitative estimate of drug-likeness (QED) is 0.265. The van der Waals surface area contributed by atoms with E-state index in [1.54, 1.807) is 0 Å². The molecule has 2 aliphatic heterocycles. The highest BCUT2D eigenvalue weighted by atomic mass is 16.7. The summed E-state index contributed by atoms with van der Waals surface area (Å²) in [5.41, 5.74) is 3.96. The maximum absolute atomic E-state index is 13.3. The number of aliphatic hydroxyl groups excluding tert-OH is 1. The lowest BCUT2D eigenvalue weighted by Crippen LogP contribution is -2.48. The van der Waals surface area contributed by atoms with E-state index in [0.29, 0.717) is 49.3 Å². The van der Waals surface area contributed by atoms with Crippen molar-refractivity contribution in [3.8, 4) is 11.5 Å². The van der Waals surface area contributed by atoms with Crippen LogP contribution in [-0.2, 0) is 22.6 Å². The van der Waals surface area contributed by atoms with Crippen LogP contribution in [0.15, 0.2) is 84.9 Å². The van der Waals surface area contributed by atoms with Crippen molar-refractivity contribution in [2.24, 2.45) is 0 Å².